The van der Waals surface area contributed by atoms with E-state index in [2.05, 4.69) is 0 Å². The lowest BCUT2D eigenvalue weighted by atomic mass is 9.91. The number of hydrogen-bond donors (Lipinski definition) is 0. The van der Waals surface area contributed by atoms with Gasteiger partial charge in [-0.2, -0.15) is 0 Å². The molecule has 8 nitrogen and oxygen atoms in total. The number of hydrogen-bond acceptors (Lipinski definition) is 8. The Morgan fingerprint density at radius 3 is 2.41 bits per heavy atom. The minimum atomic E-state index is -1.27. The molecule has 2 aliphatic heterocycles. The van der Waals surface area contributed by atoms with Gasteiger partial charge in [-0.25, -0.2) is 0 Å². The van der Waals surface area contributed by atoms with E-state index in [9.17, 15) is 9.59 Å². The highest BCUT2D eigenvalue weighted by atomic mass is 16.9. The predicted octanol–water partition coefficient (Wildman–Crippen LogP) is 0.578. The zero-order chi connectivity index (χ0) is 16.5. The fraction of sp³-hybridized carbons (Fsp3) is 0.857. The average molecular weight is 318 g/mol. The van der Waals surface area contributed by atoms with E-state index in [0.717, 1.165) is 0 Å². The Bertz CT molecular complexity index is 439. The molecule has 0 spiro atoms. The van der Waals surface area contributed by atoms with E-state index in [4.69, 9.17) is 28.4 Å². The summed E-state index contributed by atoms with van der Waals surface area (Å²) in [6.07, 6.45) is -2.45. The molecule has 0 radical (unpaired) electrons. The highest BCUT2D eigenvalue weighted by molar-refractivity contribution is 5.66. The maximum absolute atomic E-state index is 11.4. The highest BCUT2D eigenvalue weighted by Crippen LogP contribution is 2.40. The zero-order valence-corrected chi connectivity index (χ0v) is 13.4. The molecule has 0 aromatic carbocycles. The van der Waals surface area contributed by atoms with Gasteiger partial charge in [0.1, 0.15) is 18.8 Å². The lowest BCUT2D eigenvalue weighted by Crippen LogP contribution is -2.55. The van der Waals surface area contributed by atoms with Crippen LogP contribution in [0.1, 0.15) is 27.7 Å². The largest absolute Gasteiger partial charge is 0.463 e. The molecule has 6 atom stereocenters. The standard InChI is InChI=1S/C14H22O8/c1-7-10(6-18-8(2)15)20-13-12(11(7)19-9(3)16)21-14(4,17-5)22-13/h7,10-13H,6H2,1-5H3/t7-,10+,11+,12+,13+,14?/m1/s1. The molecular formula is C14H22O8. The third-order valence-corrected chi connectivity index (χ3v) is 3.81. The van der Waals surface area contributed by atoms with Gasteiger partial charge in [-0.1, -0.05) is 6.92 Å². The van der Waals surface area contributed by atoms with Crippen molar-refractivity contribution in [1.82, 2.24) is 0 Å². The van der Waals surface area contributed by atoms with Gasteiger partial charge >= 0.3 is 11.9 Å². The maximum atomic E-state index is 11.4. The molecule has 2 saturated heterocycles. The second kappa shape index (κ2) is 6.49. The number of rotatable bonds is 4. The van der Waals surface area contributed by atoms with Crippen molar-refractivity contribution in [3.8, 4) is 0 Å². The van der Waals surface area contributed by atoms with Gasteiger partial charge in [0.05, 0.1) is 0 Å². The summed E-state index contributed by atoms with van der Waals surface area (Å²) in [5.41, 5.74) is 0. The fourth-order valence-corrected chi connectivity index (χ4v) is 2.60. The molecule has 0 saturated carbocycles. The van der Waals surface area contributed by atoms with Gasteiger partial charge in [0.2, 0.25) is 0 Å². The van der Waals surface area contributed by atoms with Crippen molar-refractivity contribution in [2.75, 3.05) is 13.7 Å². The topological polar surface area (TPSA) is 89.5 Å². The van der Waals surface area contributed by atoms with Crippen LogP contribution in [-0.4, -0.2) is 56.2 Å². The second-order valence-electron chi connectivity index (χ2n) is 5.55. The summed E-state index contributed by atoms with van der Waals surface area (Å²) in [4.78, 5) is 22.4. The average Bonchev–Trinajstić information content (AvgIpc) is 2.77. The van der Waals surface area contributed by atoms with Crippen LogP contribution in [0.5, 0.6) is 0 Å². The Labute approximate surface area is 128 Å². The molecular weight excluding hydrogens is 296 g/mol. The van der Waals surface area contributed by atoms with Crippen LogP contribution in [-0.2, 0) is 38.0 Å². The van der Waals surface area contributed by atoms with Crippen LogP contribution in [0.15, 0.2) is 0 Å². The van der Waals surface area contributed by atoms with Gasteiger partial charge in [-0.05, 0) is 0 Å². The molecule has 2 aliphatic rings. The second-order valence-corrected chi connectivity index (χ2v) is 5.55. The molecule has 2 heterocycles. The molecule has 0 aromatic heterocycles. The van der Waals surface area contributed by atoms with Gasteiger partial charge in [0, 0.05) is 33.8 Å². The molecule has 0 aromatic rings. The SMILES string of the molecule is COC1(C)O[C@@H]2O[C@@H](COC(C)=O)[C@@H](C)[C@H](OC(C)=O)[C@@H]2O1. The Morgan fingerprint density at radius 2 is 1.86 bits per heavy atom. The number of fused-ring (bicyclic) bond motifs is 1. The molecule has 126 valence electrons. The summed E-state index contributed by atoms with van der Waals surface area (Å²) in [5.74, 6) is -2.36. The Morgan fingerprint density at radius 1 is 1.18 bits per heavy atom. The number of carbonyl (C=O) groups excluding carboxylic acids is 2. The first kappa shape index (κ1) is 17.1. The van der Waals surface area contributed by atoms with Crippen LogP contribution < -0.4 is 0 Å². The van der Waals surface area contributed by atoms with Crippen molar-refractivity contribution in [2.24, 2.45) is 5.92 Å². The van der Waals surface area contributed by atoms with Crippen molar-refractivity contribution >= 4 is 11.9 Å². The molecule has 0 amide bonds. The number of esters is 2. The summed E-state index contributed by atoms with van der Waals surface area (Å²) >= 11 is 0. The van der Waals surface area contributed by atoms with E-state index in [-0.39, 0.29) is 12.5 Å². The minimum Gasteiger partial charge on any atom is -0.463 e. The van der Waals surface area contributed by atoms with E-state index < -0.39 is 42.5 Å². The fourth-order valence-electron chi connectivity index (χ4n) is 2.60. The highest BCUT2D eigenvalue weighted by Gasteiger charge is 2.56. The lowest BCUT2D eigenvalue weighted by molar-refractivity contribution is -0.334. The summed E-state index contributed by atoms with van der Waals surface area (Å²) in [7, 11) is 1.44. The predicted molar refractivity (Wildman–Crippen MR) is 71.4 cm³/mol. The number of carbonyl (C=O) groups is 2. The molecule has 0 aliphatic carbocycles. The van der Waals surface area contributed by atoms with Gasteiger partial charge in [-0.3, -0.25) is 14.3 Å². The van der Waals surface area contributed by atoms with Gasteiger partial charge in [0.15, 0.2) is 12.4 Å². The van der Waals surface area contributed by atoms with Crippen LogP contribution >= 0.6 is 0 Å². The van der Waals surface area contributed by atoms with Crippen LogP contribution in [0.3, 0.4) is 0 Å². The normalized spacial score (nSPS) is 40.9. The molecule has 22 heavy (non-hydrogen) atoms. The Balaban J connectivity index is 2.16. The molecule has 8 heteroatoms. The Kier molecular flexibility index (Phi) is 5.06. The number of ether oxygens (including phenoxy) is 6. The first-order valence-electron chi connectivity index (χ1n) is 7.12. The minimum absolute atomic E-state index is 0.0462. The summed E-state index contributed by atoms with van der Waals surface area (Å²) in [5, 5.41) is 0. The maximum Gasteiger partial charge on any atom is 0.303 e. The van der Waals surface area contributed by atoms with Crippen molar-refractivity contribution in [1.29, 1.82) is 0 Å². The third kappa shape index (κ3) is 3.57. The van der Waals surface area contributed by atoms with Crippen LogP contribution in [0.4, 0.5) is 0 Å². The van der Waals surface area contributed by atoms with E-state index in [0.29, 0.717) is 0 Å². The number of methoxy groups -OCH3 is 1. The van der Waals surface area contributed by atoms with Gasteiger partial charge < -0.3 is 23.7 Å². The van der Waals surface area contributed by atoms with E-state index in [1.165, 1.54) is 21.0 Å². The van der Waals surface area contributed by atoms with Gasteiger partial charge in [-0.15, -0.1) is 0 Å². The first-order chi connectivity index (χ1) is 10.3. The van der Waals surface area contributed by atoms with E-state index in [1.54, 1.807) is 6.92 Å². The molecule has 2 rings (SSSR count). The van der Waals surface area contributed by atoms with Crippen LogP contribution in [0.25, 0.3) is 0 Å². The monoisotopic (exact) mass is 318 g/mol. The quantitative estimate of drug-likeness (QED) is 0.695. The van der Waals surface area contributed by atoms with Crippen molar-refractivity contribution in [2.45, 2.75) is 58.3 Å². The van der Waals surface area contributed by atoms with Gasteiger partial charge in [0.25, 0.3) is 5.97 Å². The van der Waals surface area contributed by atoms with Crippen molar-refractivity contribution < 1.29 is 38.0 Å². The third-order valence-electron chi connectivity index (χ3n) is 3.81. The Hall–Kier alpha value is -1.22. The summed E-state index contributed by atoms with van der Waals surface area (Å²) in [6, 6.07) is 0. The van der Waals surface area contributed by atoms with E-state index >= 15 is 0 Å². The zero-order valence-electron chi connectivity index (χ0n) is 13.4. The van der Waals surface area contributed by atoms with Crippen LogP contribution in [0.2, 0.25) is 0 Å². The molecule has 0 bridgehead atoms. The molecule has 1 unspecified atom stereocenters. The molecule has 2 fully saturated rings. The smallest absolute Gasteiger partial charge is 0.303 e. The van der Waals surface area contributed by atoms with Crippen molar-refractivity contribution in [3.05, 3.63) is 0 Å². The first-order valence-corrected chi connectivity index (χ1v) is 7.12. The van der Waals surface area contributed by atoms with E-state index in [1.807, 2.05) is 6.92 Å². The summed E-state index contributed by atoms with van der Waals surface area (Å²) in [6.45, 7) is 6.13. The van der Waals surface area contributed by atoms with Crippen LogP contribution in [0, 0.1) is 5.92 Å². The lowest BCUT2D eigenvalue weighted by Gasteiger charge is -2.40. The molecule has 0 N–H and O–H groups in total. The summed E-state index contributed by atoms with van der Waals surface area (Å²) < 4.78 is 32.6. The van der Waals surface area contributed by atoms with Crippen molar-refractivity contribution in [3.63, 3.8) is 0 Å².